The third kappa shape index (κ3) is 4.80. The molecule has 4 heterocycles. The fourth-order valence-corrected chi connectivity index (χ4v) is 5.45. The average Bonchev–Trinajstić information content (AvgIpc) is 3.41. The maximum atomic E-state index is 13.6. The molecule has 0 saturated carbocycles. The van der Waals surface area contributed by atoms with Crippen molar-refractivity contribution in [2.45, 2.75) is 44.8 Å². The quantitative estimate of drug-likeness (QED) is 0.314. The number of hydrogen-bond acceptors (Lipinski definition) is 4. The highest BCUT2D eigenvalue weighted by Crippen LogP contribution is 2.33. The Morgan fingerprint density at radius 2 is 1.91 bits per heavy atom. The second-order valence-corrected chi connectivity index (χ2v) is 9.88. The van der Waals surface area contributed by atoms with Gasteiger partial charge >= 0.3 is 6.18 Å². The first kappa shape index (κ1) is 23.5. The van der Waals surface area contributed by atoms with E-state index in [9.17, 15) is 22.4 Å². The van der Waals surface area contributed by atoms with Gasteiger partial charge in [-0.05, 0) is 56.0 Å². The second-order valence-electron chi connectivity index (χ2n) is 8.68. The third-order valence-corrected chi connectivity index (χ3v) is 7.23. The smallest absolute Gasteiger partial charge is 0.334 e. The van der Waals surface area contributed by atoms with Crippen molar-refractivity contribution in [3.05, 3.63) is 76.6 Å². The van der Waals surface area contributed by atoms with Crippen LogP contribution in [0.15, 0.2) is 48.8 Å². The molecule has 0 spiro atoms. The molecule has 1 aromatic carbocycles. The molecule has 4 aromatic rings. The van der Waals surface area contributed by atoms with Crippen LogP contribution in [0.2, 0.25) is 0 Å². The predicted molar refractivity (Wildman–Crippen MR) is 125 cm³/mol. The Labute approximate surface area is 203 Å². The van der Waals surface area contributed by atoms with Crippen molar-refractivity contribution >= 4 is 22.9 Å². The lowest BCUT2D eigenvalue weighted by molar-refractivity contribution is -0.137. The van der Waals surface area contributed by atoms with Gasteiger partial charge < -0.3 is 9.30 Å². The Morgan fingerprint density at radius 1 is 1.14 bits per heavy atom. The van der Waals surface area contributed by atoms with Crippen LogP contribution in [-0.2, 0) is 12.6 Å². The van der Waals surface area contributed by atoms with Gasteiger partial charge in [0, 0.05) is 31.4 Å². The first-order valence-corrected chi connectivity index (χ1v) is 12.1. The van der Waals surface area contributed by atoms with E-state index >= 15 is 0 Å². The number of benzene rings is 1. The number of imidazole rings is 1. The van der Waals surface area contributed by atoms with E-state index < -0.39 is 11.7 Å². The van der Waals surface area contributed by atoms with E-state index in [1.165, 1.54) is 29.7 Å². The summed E-state index contributed by atoms with van der Waals surface area (Å²) in [4.78, 5) is 25.0. The summed E-state index contributed by atoms with van der Waals surface area (Å²) in [6, 6.07) is 7.89. The van der Waals surface area contributed by atoms with Crippen LogP contribution >= 0.6 is 11.3 Å². The van der Waals surface area contributed by atoms with Crippen molar-refractivity contribution < 1.29 is 22.4 Å². The Kier molecular flexibility index (Phi) is 6.08. The van der Waals surface area contributed by atoms with E-state index in [4.69, 9.17) is 0 Å². The van der Waals surface area contributed by atoms with Crippen molar-refractivity contribution in [1.82, 2.24) is 19.3 Å². The van der Waals surface area contributed by atoms with Crippen LogP contribution in [0.25, 0.3) is 16.1 Å². The van der Waals surface area contributed by atoms with E-state index in [0.717, 1.165) is 42.0 Å². The van der Waals surface area contributed by atoms with E-state index in [0.29, 0.717) is 29.2 Å². The van der Waals surface area contributed by atoms with Gasteiger partial charge in [-0.2, -0.15) is 13.2 Å². The van der Waals surface area contributed by atoms with Crippen LogP contribution in [-0.4, -0.2) is 37.8 Å². The van der Waals surface area contributed by atoms with Gasteiger partial charge in [0.25, 0.3) is 5.91 Å². The van der Waals surface area contributed by atoms with E-state index in [1.807, 2.05) is 6.92 Å². The SMILES string of the molecule is Cc1nc(C(=O)N2CCCC[C@H]2Cc2cn3ccc(C(F)(F)F)cc3n2)c(-c2ccc(F)cc2)s1. The van der Waals surface area contributed by atoms with Crippen LogP contribution in [0, 0.1) is 12.7 Å². The Balaban J connectivity index is 1.42. The van der Waals surface area contributed by atoms with Crippen molar-refractivity contribution in [2.24, 2.45) is 0 Å². The summed E-state index contributed by atoms with van der Waals surface area (Å²) in [5.41, 5.74) is 1.17. The van der Waals surface area contributed by atoms with Crippen LogP contribution < -0.4 is 0 Å². The normalized spacial score (nSPS) is 16.7. The Hall–Kier alpha value is -3.27. The van der Waals surface area contributed by atoms with Gasteiger partial charge in [0.05, 0.1) is 21.1 Å². The number of likely N-dealkylation sites (tertiary alicyclic amines) is 1. The summed E-state index contributed by atoms with van der Waals surface area (Å²) in [6.45, 7) is 2.39. The second kappa shape index (κ2) is 9.07. The van der Waals surface area contributed by atoms with Crippen molar-refractivity contribution in [1.29, 1.82) is 0 Å². The number of amides is 1. The number of carbonyl (C=O) groups excluding carboxylic acids is 1. The number of aryl methyl sites for hydroxylation is 1. The van der Waals surface area contributed by atoms with Gasteiger partial charge in [0.1, 0.15) is 17.2 Å². The summed E-state index contributed by atoms with van der Waals surface area (Å²) in [5.74, 6) is -0.546. The van der Waals surface area contributed by atoms with E-state index in [-0.39, 0.29) is 23.4 Å². The molecule has 35 heavy (non-hydrogen) atoms. The molecule has 10 heteroatoms. The Bertz CT molecular complexity index is 1380. The van der Waals surface area contributed by atoms with Gasteiger partial charge in [0.15, 0.2) is 0 Å². The lowest BCUT2D eigenvalue weighted by Gasteiger charge is -2.35. The Morgan fingerprint density at radius 3 is 2.66 bits per heavy atom. The maximum Gasteiger partial charge on any atom is 0.416 e. The van der Waals surface area contributed by atoms with Crippen molar-refractivity contribution in [3.63, 3.8) is 0 Å². The largest absolute Gasteiger partial charge is 0.416 e. The minimum Gasteiger partial charge on any atom is -0.334 e. The summed E-state index contributed by atoms with van der Waals surface area (Å²) in [6.07, 6.45) is 1.63. The number of carbonyl (C=O) groups is 1. The van der Waals surface area contributed by atoms with Gasteiger partial charge in [-0.1, -0.05) is 12.1 Å². The molecule has 3 aromatic heterocycles. The molecule has 0 aliphatic carbocycles. The molecule has 1 atom stereocenters. The molecule has 0 N–H and O–H groups in total. The minimum absolute atomic E-state index is 0.147. The standard InChI is InChI=1S/C25H22F4N4OS/c1-15-30-22(23(35-15)16-5-7-18(26)8-6-16)24(34)33-10-3-2-4-20(33)13-19-14-32-11-9-17(25(27,28)29)12-21(32)31-19/h5-9,11-12,14,20H,2-4,10,13H2,1H3/t20-/m0/s1. The molecule has 182 valence electrons. The third-order valence-electron chi connectivity index (χ3n) is 6.21. The van der Waals surface area contributed by atoms with Gasteiger partial charge in [0.2, 0.25) is 0 Å². The highest BCUT2D eigenvalue weighted by atomic mass is 32.1. The minimum atomic E-state index is -4.44. The highest BCUT2D eigenvalue weighted by molar-refractivity contribution is 7.15. The fourth-order valence-electron chi connectivity index (χ4n) is 4.54. The first-order chi connectivity index (χ1) is 16.7. The van der Waals surface area contributed by atoms with Gasteiger partial charge in [-0.15, -0.1) is 11.3 Å². The molecule has 0 bridgehead atoms. The summed E-state index contributed by atoms with van der Waals surface area (Å²) < 4.78 is 54.2. The van der Waals surface area contributed by atoms with Crippen molar-refractivity contribution in [2.75, 3.05) is 6.54 Å². The molecular weight excluding hydrogens is 480 g/mol. The number of hydrogen-bond donors (Lipinski definition) is 0. The molecule has 0 radical (unpaired) electrons. The number of aromatic nitrogens is 3. The maximum absolute atomic E-state index is 13.6. The van der Waals surface area contributed by atoms with E-state index in [2.05, 4.69) is 9.97 Å². The van der Waals surface area contributed by atoms with E-state index in [1.54, 1.807) is 27.6 Å². The lowest BCUT2D eigenvalue weighted by Crippen LogP contribution is -2.45. The topological polar surface area (TPSA) is 50.5 Å². The molecule has 5 rings (SSSR count). The molecule has 1 aliphatic rings. The summed E-state index contributed by atoms with van der Waals surface area (Å²) >= 11 is 1.39. The number of alkyl halides is 3. The molecular formula is C25H22F4N4OS. The molecule has 1 amide bonds. The van der Waals surface area contributed by atoms with Crippen LogP contribution in [0.4, 0.5) is 17.6 Å². The zero-order valence-electron chi connectivity index (χ0n) is 18.8. The molecule has 0 unspecified atom stereocenters. The number of pyridine rings is 1. The zero-order chi connectivity index (χ0) is 24.7. The van der Waals surface area contributed by atoms with Crippen LogP contribution in [0.1, 0.15) is 46.0 Å². The molecule has 1 saturated heterocycles. The zero-order valence-corrected chi connectivity index (χ0v) is 19.7. The number of rotatable bonds is 4. The number of halogens is 4. The number of fused-ring (bicyclic) bond motifs is 1. The fraction of sp³-hybridized carbons (Fsp3) is 0.320. The molecule has 1 aliphatic heterocycles. The van der Waals surface area contributed by atoms with Crippen molar-refractivity contribution in [3.8, 4) is 10.4 Å². The van der Waals surface area contributed by atoms with Gasteiger partial charge in [-0.3, -0.25) is 4.79 Å². The van der Waals surface area contributed by atoms with Crippen LogP contribution in [0.3, 0.4) is 0 Å². The van der Waals surface area contributed by atoms with Crippen LogP contribution in [0.5, 0.6) is 0 Å². The highest BCUT2D eigenvalue weighted by Gasteiger charge is 2.33. The summed E-state index contributed by atoms with van der Waals surface area (Å²) in [7, 11) is 0. The lowest BCUT2D eigenvalue weighted by atomic mass is 9.97. The molecule has 1 fully saturated rings. The number of thiazole rings is 1. The first-order valence-electron chi connectivity index (χ1n) is 11.3. The average molecular weight is 503 g/mol. The molecule has 5 nitrogen and oxygen atoms in total. The predicted octanol–water partition coefficient (Wildman–Crippen LogP) is 6.16. The summed E-state index contributed by atoms with van der Waals surface area (Å²) in [5, 5.41) is 0.738. The monoisotopic (exact) mass is 502 g/mol. The number of nitrogens with zero attached hydrogens (tertiary/aromatic N) is 4. The van der Waals surface area contributed by atoms with Gasteiger partial charge in [-0.25, -0.2) is 14.4 Å². The number of piperidine rings is 1.